The summed E-state index contributed by atoms with van der Waals surface area (Å²) in [6.45, 7) is 2.03. The van der Waals surface area contributed by atoms with Crippen LogP contribution in [-0.2, 0) is 0 Å². The summed E-state index contributed by atoms with van der Waals surface area (Å²) in [5.41, 5.74) is 2.87. The Balaban J connectivity index is 1.97. The van der Waals surface area contributed by atoms with Gasteiger partial charge in [-0.2, -0.15) is 14.9 Å². The summed E-state index contributed by atoms with van der Waals surface area (Å²) in [7, 11) is 0. The molecule has 0 saturated carbocycles. The van der Waals surface area contributed by atoms with Gasteiger partial charge in [0.2, 0.25) is 4.77 Å². The van der Waals surface area contributed by atoms with Crippen molar-refractivity contribution in [2.24, 2.45) is 5.10 Å². The molecule has 0 unspecified atom stereocenters. The number of aromatic amines is 1. The number of nitrogens with one attached hydrogen (secondary N) is 1. The maximum atomic E-state index is 13.0. The van der Waals surface area contributed by atoms with Crippen LogP contribution in [0.15, 0.2) is 53.6 Å². The molecule has 2 aromatic carbocycles. The molecule has 0 fully saturated rings. The third kappa shape index (κ3) is 3.01. The molecule has 0 bridgehead atoms. The lowest BCUT2D eigenvalue weighted by Gasteiger charge is -2.01. The SMILES string of the molecule is Cc1ccc(C=Nn2c(-c3ccc(F)cc3)n[nH]c2=S)cc1. The van der Waals surface area contributed by atoms with E-state index in [4.69, 9.17) is 12.2 Å². The Morgan fingerprint density at radius 1 is 1.14 bits per heavy atom. The number of halogens is 1. The van der Waals surface area contributed by atoms with E-state index in [9.17, 15) is 4.39 Å². The summed E-state index contributed by atoms with van der Waals surface area (Å²) >= 11 is 5.19. The Labute approximate surface area is 131 Å². The van der Waals surface area contributed by atoms with Gasteiger partial charge >= 0.3 is 0 Å². The van der Waals surface area contributed by atoms with E-state index in [1.807, 2.05) is 31.2 Å². The van der Waals surface area contributed by atoms with E-state index in [1.165, 1.54) is 22.4 Å². The van der Waals surface area contributed by atoms with Crippen molar-refractivity contribution in [1.82, 2.24) is 14.9 Å². The molecule has 1 heterocycles. The van der Waals surface area contributed by atoms with Gasteiger partial charge in [0.05, 0.1) is 6.21 Å². The molecule has 110 valence electrons. The first kappa shape index (κ1) is 14.3. The Kier molecular flexibility index (Phi) is 3.93. The predicted molar refractivity (Wildman–Crippen MR) is 87.0 cm³/mol. The monoisotopic (exact) mass is 312 g/mol. The van der Waals surface area contributed by atoms with Crippen LogP contribution in [-0.4, -0.2) is 21.1 Å². The zero-order chi connectivity index (χ0) is 15.5. The van der Waals surface area contributed by atoms with E-state index in [1.54, 1.807) is 18.3 Å². The molecule has 22 heavy (non-hydrogen) atoms. The number of rotatable bonds is 3. The summed E-state index contributed by atoms with van der Waals surface area (Å²) in [5.74, 6) is 0.237. The molecule has 0 atom stereocenters. The Bertz CT molecular complexity index is 860. The highest BCUT2D eigenvalue weighted by Crippen LogP contribution is 2.17. The molecule has 0 aliphatic carbocycles. The second-order valence-corrected chi connectivity index (χ2v) is 5.21. The minimum Gasteiger partial charge on any atom is -0.250 e. The van der Waals surface area contributed by atoms with Crippen molar-refractivity contribution in [3.63, 3.8) is 0 Å². The van der Waals surface area contributed by atoms with E-state index >= 15 is 0 Å². The lowest BCUT2D eigenvalue weighted by Crippen LogP contribution is -1.95. The molecule has 0 aliphatic heterocycles. The van der Waals surface area contributed by atoms with Gasteiger partial charge in [-0.15, -0.1) is 0 Å². The van der Waals surface area contributed by atoms with Gasteiger partial charge in [0.15, 0.2) is 5.82 Å². The number of benzene rings is 2. The van der Waals surface area contributed by atoms with E-state index in [2.05, 4.69) is 15.3 Å². The second-order valence-electron chi connectivity index (χ2n) is 4.83. The minimum atomic E-state index is -0.299. The van der Waals surface area contributed by atoms with Crippen LogP contribution < -0.4 is 0 Å². The van der Waals surface area contributed by atoms with Crippen LogP contribution in [0.25, 0.3) is 11.4 Å². The lowest BCUT2D eigenvalue weighted by molar-refractivity contribution is 0.628. The van der Waals surface area contributed by atoms with Crippen LogP contribution in [0.3, 0.4) is 0 Å². The van der Waals surface area contributed by atoms with Crippen molar-refractivity contribution in [3.05, 3.63) is 70.2 Å². The Hall–Kier alpha value is -2.60. The zero-order valence-corrected chi connectivity index (χ0v) is 12.6. The molecule has 6 heteroatoms. The number of H-pyrrole nitrogens is 1. The van der Waals surface area contributed by atoms with Crippen molar-refractivity contribution in [1.29, 1.82) is 0 Å². The highest BCUT2D eigenvalue weighted by atomic mass is 32.1. The molecular formula is C16H13FN4S. The van der Waals surface area contributed by atoms with E-state index in [0.717, 1.165) is 11.1 Å². The molecule has 0 spiro atoms. The summed E-state index contributed by atoms with van der Waals surface area (Å²) < 4.78 is 14.9. The molecule has 4 nitrogen and oxygen atoms in total. The van der Waals surface area contributed by atoms with E-state index in [-0.39, 0.29) is 5.82 Å². The maximum Gasteiger partial charge on any atom is 0.216 e. The van der Waals surface area contributed by atoms with E-state index in [0.29, 0.717) is 10.6 Å². The Morgan fingerprint density at radius 2 is 1.82 bits per heavy atom. The summed E-state index contributed by atoms with van der Waals surface area (Å²) in [5, 5.41) is 11.2. The average molecular weight is 312 g/mol. The molecule has 0 radical (unpaired) electrons. The highest BCUT2D eigenvalue weighted by molar-refractivity contribution is 7.71. The fourth-order valence-electron chi connectivity index (χ4n) is 1.96. The first-order chi connectivity index (χ1) is 10.6. The number of hydrogen-bond donors (Lipinski definition) is 1. The van der Waals surface area contributed by atoms with Crippen LogP contribution >= 0.6 is 12.2 Å². The normalized spacial score (nSPS) is 11.2. The molecule has 3 rings (SSSR count). The third-order valence-electron chi connectivity index (χ3n) is 3.15. The maximum absolute atomic E-state index is 13.0. The van der Waals surface area contributed by atoms with Crippen LogP contribution in [0.2, 0.25) is 0 Å². The van der Waals surface area contributed by atoms with Gasteiger partial charge in [0.1, 0.15) is 5.82 Å². The molecule has 0 saturated heterocycles. The van der Waals surface area contributed by atoms with Crippen LogP contribution in [0.1, 0.15) is 11.1 Å². The third-order valence-corrected chi connectivity index (χ3v) is 3.42. The van der Waals surface area contributed by atoms with Crippen molar-refractivity contribution in [3.8, 4) is 11.4 Å². The van der Waals surface area contributed by atoms with Gasteiger partial charge < -0.3 is 0 Å². The van der Waals surface area contributed by atoms with Gasteiger partial charge in [0, 0.05) is 5.56 Å². The number of hydrogen-bond acceptors (Lipinski definition) is 3. The van der Waals surface area contributed by atoms with Crippen molar-refractivity contribution in [2.75, 3.05) is 0 Å². The lowest BCUT2D eigenvalue weighted by atomic mass is 10.2. The number of nitrogens with zero attached hydrogens (tertiary/aromatic N) is 3. The van der Waals surface area contributed by atoms with Crippen LogP contribution in [0.5, 0.6) is 0 Å². The first-order valence-electron chi connectivity index (χ1n) is 6.68. The standard InChI is InChI=1S/C16H13FN4S/c1-11-2-4-12(5-3-11)10-18-21-15(19-20-16(21)22)13-6-8-14(17)9-7-13/h2-10H,1H3,(H,20,22). The average Bonchev–Trinajstić information content (AvgIpc) is 2.89. The van der Waals surface area contributed by atoms with Gasteiger partial charge in [-0.3, -0.25) is 0 Å². The summed E-state index contributed by atoms with van der Waals surface area (Å²) in [4.78, 5) is 0. The second kappa shape index (κ2) is 6.03. The van der Waals surface area contributed by atoms with Gasteiger partial charge in [-0.05, 0) is 49.0 Å². The Morgan fingerprint density at radius 3 is 2.50 bits per heavy atom. The molecule has 1 N–H and O–H groups in total. The van der Waals surface area contributed by atoms with Crippen LogP contribution in [0.4, 0.5) is 4.39 Å². The molecular weight excluding hydrogens is 299 g/mol. The first-order valence-corrected chi connectivity index (χ1v) is 7.09. The van der Waals surface area contributed by atoms with Gasteiger partial charge in [-0.25, -0.2) is 9.49 Å². The summed E-state index contributed by atoms with van der Waals surface area (Å²) in [6, 6.07) is 14.0. The van der Waals surface area contributed by atoms with Gasteiger partial charge in [-0.1, -0.05) is 29.8 Å². The quantitative estimate of drug-likeness (QED) is 0.588. The smallest absolute Gasteiger partial charge is 0.216 e. The predicted octanol–water partition coefficient (Wildman–Crippen LogP) is 3.94. The topological polar surface area (TPSA) is 46.0 Å². The summed E-state index contributed by atoms with van der Waals surface area (Å²) in [6.07, 6.45) is 1.71. The van der Waals surface area contributed by atoms with E-state index < -0.39 is 0 Å². The van der Waals surface area contributed by atoms with Crippen molar-refractivity contribution in [2.45, 2.75) is 6.92 Å². The molecule has 0 aliphatic rings. The largest absolute Gasteiger partial charge is 0.250 e. The number of aryl methyl sites for hydroxylation is 1. The fourth-order valence-corrected chi connectivity index (χ4v) is 2.14. The van der Waals surface area contributed by atoms with Gasteiger partial charge in [0.25, 0.3) is 0 Å². The zero-order valence-electron chi connectivity index (χ0n) is 11.8. The molecule has 3 aromatic rings. The highest BCUT2D eigenvalue weighted by Gasteiger charge is 2.07. The minimum absolute atomic E-state index is 0.299. The van der Waals surface area contributed by atoms with Crippen LogP contribution in [0, 0.1) is 17.5 Å². The van der Waals surface area contributed by atoms with Crippen molar-refractivity contribution >= 4 is 18.4 Å². The van der Waals surface area contributed by atoms with Crippen molar-refractivity contribution < 1.29 is 4.39 Å². The number of aromatic nitrogens is 3. The fraction of sp³-hybridized carbons (Fsp3) is 0.0625. The molecule has 0 amide bonds. The molecule has 1 aromatic heterocycles.